The van der Waals surface area contributed by atoms with Crippen LogP contribution in [0.2, 0.25) is 0 Å². The first-order chi connectivity index (χ1) is 23.1. The van der Waals surface area contributed by atoms with Crippen LogP contribution in [-0.4, -0.2) is 9.97 Å². The van der Waals surface area contributed by atoms with Crippen molar-refractivity contribution in [3.8, 4) is 30.6 Å². The lowest BCUT2D eigenvalue weighted by Crippen LogP contribution is -2.16. The Bertz CT molecular complexity index is 2340. The average molecular weight is 719 g/mol. The quantitative estimate of drug-likeness (QED) is 0.0892. The molecule has 0 saturated heterocycles. The number of nitrogens with zero attached hydrogens (tertiary/aromatic N) is 5. The first-order valence-electron chi connectivity index (χ1n) is 12.4. The average Bonchev–Trinajstić information content (AvgIpc) is 3.75. The molecule has 4 rings (SSSR count). The summed E-state index contributed by atoms with van der Waals surface area (Å²) < 4.78 is 215. The molecule has 0 unspecified atom stereocenters. The van der Waals surface area contributed by atoms with Crippen molar-refractivity contribution in [1.29, 1.82) is 15.8 Å². The van der Waals surface area contributed by atoms with Crippen molar-refractivity contribution in [3.05, 3.63) is 109 Å². The van der Waals surface area contributed by atoms with Crippen molar-refractivity contribution in [2.24, 2.45) is 0 Å². The van der Waals surface area contributed by atoms with Crippen molar-refractivity contribution >= 4 is 16.7 Å². The number of pyridine rings is 2. The van der Waals surface area contributed by atoms with Gasteiger partial charge in [0.05, 0.1) is 33.4 Å². The Labute approximate surface area is 267 Å². The van der Waals surface area contributed by atoms with Crippen LogP contribution in [0, 0.1) is 99.0 Å². The van der Waals surface area contributed by atoms with Gasteiger partial charge in [-0.25, -0.2) is 40.7 Å². The summed E-state index contributed by atoms with van der Waals surface area (Å²) in [6, 6.07) is 2.92. The maximum atomic E-state index is 15.5. The Morgan fingerprint density at radius 2 is 0.940 bits per heavy atom. The molecule has 3 aromatic rings. The minimum atomic E-state index is -5.92. The molecule has 1 fully saturated rings. The van der Waals surface area contributed by atoms with Crippen LogP contribution in [0.4, 0.5) is 65.9 Å². The van der Waals surface area contributed by atoms with Gasteiger partial charge in [-0.05, 0) is 18.1 Å². The molecule has 2 heterocycles. The second kappa shape index (κ2) is 12.3. The number of allylic oxidation sites excluding steroid dienone is 6. The summed E-state index contributed by atoms with van der Waals surface area (Å²) >= 11 is 0. The van der Waals surface area contributed by atoms with Gasteiger partial charge in [-0.3, -0.25) is 0 Å². The Hall–Kier alpha value is -6.28. The maximum Gasteiger partial charge on any atom is 0.436 e. The fraction of sp³-hybridized carbons (Fsp3) is 0.100. The lowest BCUT2D eigenvalue weighted by atomic mass is 9.96. The smallest absolute Gasteiger partial charge is 0.209 e. The normalized spacial score (nSPS) is 15.8. The van der Waals surface area contributed by atoms with Crippen LogP contribution in [0.25, 0.3) is 16.7 Å². The highest BCUT2D eigenvalue weighted by Crippen LogP contribution is 2.57. The summed E-state index contributed by atoms with van der Waals surface area (Å²) in [7, 11) is 0. The van der Waals surface area contributed by atoms with Gasteiger partial charge in [0, 0.05) is 11.1 Å². The number of aromatic nitrogens is 2. The number of halogens is 15. The second-order valence-corrected chi connectivity index (χ2v) is 9.55. The largest absolute Gasteiger partial charge is 0.436 e. The van der Waals surface area contributed by atoms with Gasteiger partial charge in [0.15, 0.2) is 52.1 Å². The van der Waals surface area contributed by atoms with Crippen LogP contribution < -0.4 is 0 Å². The van der Waals surface area contributed by atoms with Crippen molar-refractivity contribution < 1.29 is 65.9 Å². The van der Waals surface area contributed by atoms with Crippen molar-refractivity contribution in [2.75, 3.05) is 0 Å². The summed E-state index contributed by atoms with van der Waals surface area (Å²) in [6.07, 6.45) is -6.73. The van der Waals surface area contributed by atoms with Crippen LogP contribution in [0.5, 0.6) is 0 Å². The first kappa shape index (κ1) is 36.6. The predicted molar refractivity (Wildman–Crippen MR) is 135 cm³/mol. The molecule has 0 aliphatic heterocycles. The van der Waals surface area contributed by atoms with E-state index in [9.17, 15) is 58.8 Å². The lowest BCUT2D eigenvalue weighted by molar-refractivity contribution is -0.145. The zero-order chi connectivity index (χ0) is 37.9. The number of benzene rings is 1. The number of terminal acetylenes is 1. The van der Waals surface area contributed by atoms with Crippen LogP contribution in [0.1, 0.15) is 46.1 Å². The van der Waals surface area contributed by atoms with Gasteiger partial charge in [0.25, 0.3) is 0 Å². The molecular weight excluding hydrogens is 715 g/mol. The Balaban J connectivity index is 2.36. The van der Waals surface area contributed by atoms with E-state index < -0.39 is 138 Å². The molecule has 0 atom stereocenters. The molecule has 0 N–H and O–H groups in total. The van der Waals surface area contributed by atoms with E-state index in [-0.39, 0.29) is 0 Å². The van der Waals surface area contributed by atoms with E-state index in [0.717, 1.165) is 18.2 Å². The molecule has 1 aliphatic rings. The van der Waals surface area contributed by atoms with E-state index >= 15 is 17.6 Å². The highest BCUT2D eigenvalue weighted by atomic mass is 19.4. The van der Waals surface area contributed by atoms with Gasteiger partial charge in [-0.15, -0.1) is 6.42 Å². The van der Waals surface area contributed by atoms with E-state index in [1.165, 1.54) is 5.92 Å². The van der Waals surface area contributed by atoms with E-state index in [4.69, 9.17) is 11.7 Å². The highest BCUT2D eigenvalue weighted by Gasteiger charge is 2.47. The van der Waals surface area contributed by atoms with Crippen molar-refractivity contribution in [2.45, 2.75) is 19.3 Å². The Morgan fingerprint density at radius 3 is 1.32 bits per heavy atom. The fourth-order valence-electron chi connectivity index (χ4n) is 4.73. The van der Waals surface area contributed by atoms with Gasteiger partial charge in [-0.1, -0.05) is 5.92 Å². The zero-order valence-electron chi connectivity index (χ0n) is 23.5. The molecule has 2 aromatic heterocycles. The SMILES string of the molecule is C#Cc1c(F)c(/C(C#N)=C2\C(=C(C#N)c3c(F)c(F)nc(C(F)(F)F)c3F)\C2=C(/C)c2c(F)c(F)nc(C(F)(F)F)c2F)c(F)c(F)c1C#N. The number of hydrogen-bond donors (Lipinski definition) is 0. The number of nitriles is 3. The van der Waals surface area contributed by atoms with Crippen molar-refractivity contribution in [3.63, 3.8) is 0 Å². The standard InChI is InChI=1S/C30H4F15N5/c1-3-8-9(4-46)19(32)20(33)16(18(8)31)10(5-47)14-12(7(2)13-21(34)25(29(40,41)42)49-27(38)23(13)36)15(14)11(6-48)17-22(35)26(30(43,44)45)50-28(39)24(17)37/h1H,2H3/b12-7+,14-10-,15-11?. The third-order valence-corrected chi connectivity index (χ3v) is 6.85. The molecular formula is C30H4F15N5. The lowest BCUT2D eigenvalue weighted by Gasteiger charge is -2.12. The molecule has 0 bridgehead atoms. The minimum absolute atomic E-state index is 0.382. The second-order valence-electron chi connectivity index (χ2n) is 9.55. The molecule has 5 nitrogen and oxygen atoms in total. The monoisotopic (exact) mass is 719 g/mol. The number of alkyl halides is 6. The third kappa shape index (κ3) is 5.54. The molecule has 50 heavy (non-hydrogen) atoms. The molecule has 1 aromatic carbocycles. The van der Waals surface area contributed by atoms with E-state index in [1.54, 1.807) is 0 Å². The predicted octanol–water partition coefficient (Wildman–Crippen LogP) is 8.36. The van der Waals surface area contributed by atoms with E-state index in [1.807, 2.05) is 0 Å². The molecule has 1 aliphatic carbocycles. The molecule has 0 amide bonds. The van der Waals surface area contributed by atoms with Crippen LogP contribution in [0.3, 0.4) is 0 Å². The maximum absolute atomic E-state index is 15.5. The van der Waals surface area contributed by atoms with Gasteiger partial charge < -0.3 is 0 Å². The molecule has 254 valence electrons. The van der Waals surface area contributed by atoms with Gasteiger partial charge in [-0.2, -0.15) is 50.9 Å². The minimum Gasteiger partial charge on any atom is -0.209 e. The molecule has 20 heteroatoms. The summed E-state index contributed by atoms with van der Waals surface area (Å²) in [4.78, 5) is 4.17. The van der Waals surface area contributed by atoms with Gasteiger partial charge >= 0.3 is 12.4 Å². The Kier molecular flexibility index (Phi) is 9.00. The van der Waals surface area contributed by atoms with Gasteiger partial charge in [0.2, 0.25) is 11.9 Å². The summed E-state index contributed by atoms with van der Waals surface area (Å²) in [5.41, 5.74) is -23.6. The van der Waals surface area contributed by atoms with E-state index in [0.29, 0.717) is 6.92 Å². The summed E-state index contributed by atoms with van der Waals surface area (Å²) in [5, 5.41) is 28.8. The van der Waals surface area contributed by atoms with E-state index in [2.05, 4.69) is 9.97 Å². The summed E-state index contributed by atoms with van der Waals surface area (Å²) in [5.74, 6) is -21.5. The Morgan fingerprint density at radius 1 is 0.540 bits per heavy atom. The van der Waals surface area contributed by atoms with Crippen LogP contribution in [-0.2, 0) is 12.4 Å². The van der Waals surface area contributed by atoms with Gasteiger partial charge in [0.1, 0.15) is 23.8 Å². The molecule has 0 radical (unpaired) electrons. The molecule has 1 saturated carbocycles. The number of rotatable bonds is 3. The highest BCUT2D eigenvalue weighted by molar-refractivity contribution is 6.10. The topological polar surface area (TPSA) is 97.2 Å². The third-order valence-electron chi connectivity index (χ3n) is 6.85. The fourth-order valence-corrected chi connectivity index (χ4v) is 4.73. The van der Waals surface area contributed by atoms with Crippen LogP contribution >= 0.6 is 0 Å². The first-order valence-corrected chi connectivity index (χ1v) is 12.4. The zero-order valence-corrected chi connectivity index (χ0v) is 23.5. The van der Waals surface area contributed by atoms with Crippen molar-refractivity contribution in [1.82, 2.24) is 9.97 Å². The van der Waals surface area contributed by atoms with Crippen LogP contribution in [0.15, 0.2) is 16.7 Å². The number of hydrogen-bond acceptors (Lipinski definition) is 5. The summed E-state index contributed by atoms with van der Waals surface area (Å²) in [6.45, 7) is 0.382. The molecule has 0 spiro atoms.